The third-order valence-electron chi connectivity index (χ3n) is 18.1. The summed E-state index contributed by atoms with van der Waals surface area (Å²) in [6.07, 6.45) is 62.4. The van der Waals surface area contributed by atoms with Crippen molar-refractivity contribution in [1.29, 1.82) is 0 Å². The summed E-state index contributed by atoms with van der Waals surface area (Å²) >= 11 is 0. The number of phosphoric acid groups is 2. The standard InChI is InChI=1S/C77H150O17P2/c1-5-9-13-17-21-25-29-31-32-33-34-35-36-37-38-40-44-48-52-56-60-64-77(82)94-73(68-88-75(80)62-58-54-50-46-43-39-30-26-22-18-14-10-6-2)70-92-96(85,86)90-66-71(78)65-89-95(83,84)91-69-72(93-76(81)63-59-55-51-47-42-28-24-20-16-12-8-4)67-87-74(79)61-57-53-49-45-41-27-23-19-15-11-7-3/h71-73,78H,5-70H2,1-4H3,(H,83,84)(H,85,86)/t71-,72+,73+/m0/s1. The molecule has 3 N–H and O–H groups in total. The lowest BCUT2D eigenvalue weighted by molar-refractivity contribution is -0.161. The summed E-state index contributed by atoms with van der Waals surface area (Å²) < 4.78 is 68.5. The molecule has 0 fully saturated rings. The molecule has 5 atom stereocenters. The number of aliphatic hydroxyl groups is 1. The molecule has 0 aliphatic heterocycles. The molecule has 570 valence electrons. The summed E-state index contributed by atoms with van der Waals surface area (Å²) in [5, 5.41) is 10.6. The SMILES string of the molecule is CCCCCCCCCCCCCCCCCCCCCCCC(=O)O[C@H](COC(=O)CCCCCCCCCCCCCCC)COP(=O)(O)OC[C@@H](O)COP(=O)(O)OC[C@@H](COC(=O)CCCCCCCCCCCCC)OC(=O)CCCCCCCCCCCCC. The molecule has 2 unspecified atom stereocenters. The van der Waals surface area contributed by atoms with E-state index in [-0.39, 0.29) is 25.7 Å². The molecule has 0 saturated heterocycles. The number of unbranched alkanes of at least 4 members (excludes halogenated alkanes) is 52. The molecule has 0 aromatic rings. The summed E-state index contributed by atoms with van der Waals surface area (Å²) in [5.41, 5.74) is 0. The largest absolute Gasteiger partial charge is 0.472 e. The molecule has 0 aromatic heterocycles. The lowest BCUT2D eigenvalue weighted by Gasteiger charge is -2.21. The molecule has 0 saturated carbocycles. The second-order valence-electron chi connectivity index (χ2n) is 27.7. The van der Waals surface area contributed by atoms with Gasteiger partial charge in [-0.3, -0.25) is 37.3 Å². The predicted molar refractivity (Wildman–Crippen MR) is 391 cm³/mol. The van der Waals surface area contributed by atoms with Gasteiger partial charge in [0.05, 0.1) is 26.4 Å². The quantitative estimate of drug-likeness (QED) is 0.0222. The van der Waals surface area contributed by atoms with Crippen molar-refractivity contribution < 1.29 is 80.2 Å². The van der Waals surface area contributed by atoms with Crippen molar-refractivity contribution in [1.82, 2.24) is 0 Å². The zero-order chi connectivity index (χ0) is 70.4. The monoisotopic (exact) mass is 1410 g/mol. The Morgan fingerprint density at radius 3 is 0.615 bits per heavy atom. The van der Waals surface area contributed by atoms with Gasteiger partial charge in [-0.05, 0) is 25.7 Å². The maximum atomic E-state index is 13.1. The molecule has 17 nitrogen and oxygen atoms in total. The number of hydrogen-bond donors (Lipinski definition) is 3. The summed E-state index contributed by atoms with van der Waals surface area (Å²) in [6.45, 7) is 4.99. The number of esters is 4. The van der Waals surface area contributed by atoms with Crippen LogP contribution >= 0.6 is 15.6 Å². The second kappa shape index (κ2) is 71.5. The molecule has 19 heteroatoms. The van der Waals surface area contributed by atoms with Gasteiger partial charge in [0, 0.05) is 25.7 Å². The Balaban J connectivity index is 5.19. The van der Waals surface area contributed by atoms with Crippen LogP contribution in [-0.4, -0.2) is 96.7 Å². The van der Waals surface area contributed by atoms with E-state index in [1.807, 2.05) is 0 Å². The molecule has 0 aliphatic rings. The van der Waals surface area contributed by atoms with Gasteiger partial charge in [0.2, 0.25) is 0 Å². The zero-order valence-electron chi connectivity index (χ0n) is 62.4. The first-order valence-corrected chi connectivity index (χ1v) is 43.3. The van der Waals surface area contributed by atoms with Crippen LogP contribution in [0.2, 0.25) is 0 Å². The highest BCUT2D eigenvalue weighted by Gasteiger charge is 2.30. The number of carbonyl (C=O) groups excluding carboxylic acids is 4. The van der Waals surface area contributed by atoms with Gasteiger partial charge in [0.25, 0.3) is 0 Å². The molecular formula is C77H150O17P2. The van der Waals surface area contributed by atoms with E-state index in [0.717, 1.165) is 89.9 Å². The van der Waals surface area contributed by atoms with Gasteiger partial charge < -0.3 is 33.8 Å². The second-order valence-corrected chi connectivity index (χ2v) is 30.7. The Morgan fingerprint density at radius 1 is 0.250 bits per heavy atom. The Kier molecular flexibility index (Phi) is 70.0. The van der Waals surface area contributed by atoms with Crippen molar-refractivity contribution in [2.45, 2.75) is 431 Å². The topological polar surface area (TPSA) is 237 Å². The van der Waals surface area contributed by atoms with Crippen LogP contribution in [0.4, 0.5) is 0 Å². The van der Waals surface area contributed by atoms with Gasteiger partial charge in [0.15, 0.2) is 12.2 Å². The van der Waals surface area contributed by atoms with Crippen LogP contribution in [0.15, 0.2) is 0 Å². The average Bonchev–Trinajstić information content (AvgIpc) is 1.15. The first kappa shape index (κ1) is 94.1. The highest BCUT2D eigenvalue weighted by atomic mass is 31.2. The van der Waals surface area contributed by atoms with Crippen molar-refractivity contribution in [3.8, 4) is 0 Å². The molecule has 0 spiro atoms. The first-order chi connectivity index (χ1) is 46.7. The summed E-state index contributed by atoms with van der Waals surface area (Å²) in [4.78, 5) is 72.8. The maximum absolute atomic E-state index is 13.1. The van der Waals surface area contributed by atoms with Crippen molar-refractivity contribution in [3.05, 3.63) is 0 Å². The summed E-state index contributed by atoms with van der Waals surface area (Å²) in [7, 11) is -9.91. The first-order valence-electron chi connectivity index (χ1n) is 40.3. The van der Waals surface area contributed by atoms with E-state index in [1.165, 1.54) is 244 Å². The van der Waals surface area contributed by atoms with Gasteiger partial charge in [-0.25, -0.2) is 9.13 Å². The minimum absolute atomic E-state index is 0.108. The van der Waals surface area contributed by atoms with Gasteiger partial charge >= 0.3 is 39.5 Å². The lowest BCUT2D eigenvalue weighted by Crippen LogP contribution is -2.30. The smallest absolute Gasteiger partial charge is 0.462 e. The Labute approximate surface area is 588 Å². The van der Waals surface area contributed by atoms with Crippen LogP contribution in [0.5, 0.6) is 0 Å². The Hall–Kier alpha value is -1.94. The van der Waals surface area contributed by atoms with E-state index in [1.54, 1.807) is 0 Å². The Morgan fingerprint density at radius 2 is 0.417 bits per heavy atom. The molecular weight excluding hydrogens is 1260 g/mol. The highest BCUT2D eigenvalue weighted by molar-refractivity contribution is 7.47. The molecule has 0 radical (unpaired) electrons. The predicted octanol–water partition coefficient (Wildman–Crippen LogP) is 23.0. The zero-order valence-corrected chi connectivity index (χ0v) is 64.1. The van der Waals surface area contributed by atoms with E-state index < -0.39 is 97.5 Å². The minimum atomic E-state index is -4.96. The van der Waals surface area contributed by atoms with E-state index in [4.69, 9.17) is 37.0 Å². The van der Waals surface area contributed by atoms with E-state index in [9.17, 15) is 43.2 Å². The van der Waals surface area contributed by atoms with Crippen molar-refractivity contribution >= 4 is 39.5 Å². The van der Waals surface area contributed by atoms with E-state index in [0.29, 0.717) is 25.7 Å². The van der Waals surface area contributed by atoms with Crippen molar-refractivity contribution in [3.63, 3.8) is 0 Å². The molecule has 96 heavy (non-hydrogen) atoms. The number of hydrogen-bond acceptors (Lipinski definition) is 15. The minimum Gasteiger partial charge on any atom is -0.462 e. The fourth-order valence-electron chi connectivity index (χ4n) is 11.9. The molecule has 0 aromatic carbocycles. The summed E-state index contributed by atoms with van der Waals surface area (Å²) in [5.74, 6) is -2.11. The molecule has 0 heterocycles. The number of ether oxygens (including phenoxy) is 4. The lowest BCUT2D eigenvalue weighted by atomic mass is 10.0. The molecule has 0 rings (SSSR count). The Bertz CT molecular complexity index is 1830. The van der Waals surface area contributed by atoms with Crippen LogP contribution in [0.3, 0.4) is 0 Å². The van der Waals surface area contributed by atoms with Gasteiger partial charge in [0.1, 0.15) is 19.3 Å². The average molecular weight is 1410 g/mol. The summed E-state index contributed by atoms with van der Waals surface area (Å²) in [6, 6.07) is 0. The molecule has 0 amide bonds. The van der Waals surface area contributed by atoms with Gasteiger partial charge in [-0.2, -0.15) is 0 Å². The normalized spacial score (nSPS) is 13.9. The molecule has 0 aliphatic carbocycles. The third-order valence-corrected chi connectivity index (χ3v) is 20.0. The fourth-order valence-corrected chi connectivity index (χ4v) is 13.5. The van der Waals surface area contributed by atoms with Crippen LogP contribution < -0.4 is 0 Å². The van der Waals surface area contributed by atoms with Crippen LogP contribution in [0.1, 0.15) is 413 Å². The highest BCUT2D eigenvalue weighted by Crippen LogP contribution is 2.45. The van der Waals surface area contributed by atoms with Crippen LogP contribution in [0, 0.1) is 0 Å². The van der Waals surface area contributed by atoms with Gasteiger partial charge in [-0.1, -0.05) is 362 Å². The number of carbonyl (C=O) groups is 4. The van der Waals surface area contributed by atoms with E-state index in [2.05, 4.69) is 27.7 Å². The maximum Gasteiger partial charge on any atom is 0.472 e. The number of phosphoric ester groups is 2. The van der Waals surface area contributed by atoms with Crippen molar-refractivity contribution in [2.75, 3.05) is 39.6 Å². The van der Waals surface area contributed by atoms with Crippen LogP contribution in [-0.2, 0) is 65.4 Å². The van der Waals surface area contributed by atoms with Crippen molar-refractivity contribution in [2.24, 2.45) is 0 Å². The van der Waals surface area contributed by atoms with E-state index >= 15 is 0 Å². The number of aliphatic hydroxyl groups excluding tert-OH is 1. The molecule has 0 bridgehead atoms. The number of rotatable bonds is 78. The van der Waals surface area contributed by atoms with Crippen LogP contribution in [0.25, 0.3) is 0 Å². The third kappa shape index (κ3) is 70.5. The van der Waals surface area contributed by atoms with Gasteiger partial charge in [-0.15, -0.1) is 0 Å². The fraction of sp³-hybridized carbons (Fsp3) is 0.948.